The summed E-state index contributed by atoms with van der Waals surface area (Å²) in [5, 5.41) is 12.2. The van der Waals surface area contributed by atoms with Gasteiger partial charge in [-0.3, -0.25) is 9.36 Å². The van der Waals surface area contributed by atoms with Gasteiger partial charge in [0, 0.05) is 32.7 Å². The van der Waals surface area contributed by atoms with E-state index >= 15 is 0 Å². The molecule has 0 aliphatic heterocycles. The summed E-state index contributed by atoms with van der Waals surface area (Å²) in [6.07, 6.45) is 1.97. The molecule has 0 fully saturated rings. The number of carbonyl (C=O) groups is 2. The highest BCUT2D eigenvalue weighted by atomic mass is 31.2. The lowest BCUT2D eigenvalue weighted by Gasteiger charge is -2.13. The number of rotatable bonds is 14. The smallest absolute Gasteiger partial charge is 0.325 e. The van der Waals surface area contributed by atoms with E-state index < -0.39 is 13.7 Å². The lowest BCUT2D eigenvalue weighted by atomic mass is 10.1. The van der Waals surface area contributed by atoms with Gasteiger partial charge in [0.1, 0.15) is 11.9 Å². The van der Waals surface area contributed by atoms with E-state index in [4.69, 9.17) is 9.63 Å². The predicted octanol–water partition coefficient (Wildman–Crippen LogP) is 0.851. The van der Waals surface area contributed by atoms with Crippen LogP contribution in [0, 0.1) is 0 Å². The molecular formula is C14H28NO7P. The Hall–Kier alpha value is -0.790. The lowest BCUT2D eigenvalue weighted by Crippen LogP contribution is -2.26. The van der Waals surface area contributed by atoms with E-state index in [0.717, 1.165) is 13.1 Å². The molecule has 0 radical (unpaired) electrons. The second-order valence-electron chi connectivity index (χ2n) is 5.44. The van der Waals surface area contributed by atoms with Gasteiger partial charge in [-0.1, -0.05) is 0 Å². The molecule has 1 amide bonds. The number of nitrogens with one attached hydrogen (secondary N) is 1. The molecule has 8 nitrogen and oxygen atoms in total. The quantitative estimate of drug-likeness (QED) is 0.312. The molecule has 0 bridgehead atoms. The normalized spacial score (nSPS) is 15.0. The maximum absolute atomic E-state index is 11.5. The summed E-state index contributed by atoms with van der Waals surface area (Å²) in [4.78, 5) is 31.1. The Balaban J connectivity index is 3.42. The Morgan fingerprint density at radius 1 is 1.17 bits per heavy atom. The third kappa shape index (κ3) is 17.4. The second kappa shape index (κ2) is 12.6. The highest BCUT2D eigenvalue weighted by molar-refractivity contribution is 7.51. The van der Waals surface area contributed by atoms with Crippen molar-refractivity contribution in [2.24, 2.45) is 0 Å². The van der Waals surface area contributed by atoms with Crippen LogP contribution >= 0.6 is 7.60 Å². The van der Waals surface area contributed by atoms with Crippen molar-refractivity contribution in [1.82, 2.24) is 5.32 Å². The fourth-order valence-electron chi connectivity index (χ4n) is 1.64. The van der Waals surface area contributed by atoms with Gasteiger partial charge in [-0.05, 0) is 26.2 Å². The van der Waals surface area contributed by atoms with Crippen molar-refractivity contribution < 1.29 is 33.4 Å². The van der Waals surface area contributed by atoms with E-state index in [1.807, 2.05) is 0 Å². The minimum absolute atomic E-state index is 0.000999. The molecule has 0 aromatic heterocycles. The van der Waals surface area contributed by atoms with Gasteiger partial charge >= 0.3 is 7.60 Å². The summed E-state index contributed by atoms with van der Waals surface area (Å²) in [6, 6.07) is 0. The Morgan fingerprint density at radius 3 is 2.43 bits per heavy atom. The van der Waals surface area contributed by atoms with Crippen LogP contribution in [0.4, 0.5) is 0 Å². The van der Waals surface area contributed by atoms with Gasteiger partial charge in [-0.2, -0.15) is 0 Å². The summed E-state index contributed by atoms with van der Waals surface area (Å²) in [5.41, 5.74) is 0. The average molecular weight is 353 g/mol. The molecule has 0 saturated carbocycles. The molecule has 0 aromatic carbocycles. The third-order valence-corrected chi connectivity index (χ3v) is 3.42. The number of ketones is 1. The highest BCUT2D eigenvalue weighted by Crippen LogP contribution is 2.36. The lowest BCUT2D eigenvalue weighted by molar-refractivity contribution is -0.121. The second-order valence-corrected chi connectivity index (χ2v) is 7.30. The van der Waals surface area contributed by atoms with E-state index in [1.165, 1.54) is 6.92 Å². The summed E-state index contributed by atoms with van der Waals surface area (Å²) in [6.45, 7) is 3.14. The van der Waals surface area contributed by atoms with Gasteiger partial charge in [0.2, 0.25) is 5.91 Å². The van der Waals surface area contributed by atoms with Crippen LogP contribution in [0.2, 0.25) is 0 Å². The summed E-state index contributed by atoms with van der Waals surface area (Å²) in [7, 11) is -3.58. The van der Waals surface area contributed by atoms with E-state index in [0.29, 0.717) is 38.8 Å². The van der Waals surface area contributed by atoms with Crippen molar-refractivity contribution in [3.05, 3.63) is 0 Å². The van der Waals surface area contributed by atoms with Gasteiger partial charge in [0.15, 0.2) is 0 Å². The molecular weight excluding hydrogens is 325 g/mol. The van der Waals surface area contributed by atoms with Crippen molar-refractivity contribution in [1.29, 1.82) is 0 Å². The zero-order valence-corrected chi connectivity index (χ0v) is 14.7. The van der Waals surface area contributed by atoms with E-state index in [1.54, 1.807) is 0 Å². The standard InChI is InChI=1S/C14H28NO7P/c1-12(16)6-3-4-7-14(18)15-8-5-9-21-10-13(17)11-22-23(2,19)20/h13,17H,3-11H2,1-2H3,(H,15,18)(H,19,20). The van der Waals surface area contributed by atoms with Crippen molar-refractivity contribution in [3.63, 3.8) is 0 Å². The average Bonchev–Trinajstić information content (AvgIpc) is 2.44. The van der Waals surface area contributed by atoms with Crippen LogP contribution in [-0.4, -0.2) is 60.8 Å². The minimum atomic E-state index is -3.58. The fraction of sp³-hybridized carbons (Fsp3) is 0.857. The largest absolute Gasteiger partial charge is 0.388 e. The van der Waals surface area contributed by atoms with Gasteiger partial charge in [-0.15, -0.1) is 0 Å². The molecule has 0 rings (SSSR count). The van der Waals surface area contributed by atoms with E-state index in [-0.39, 0.29) is 24.9 Å². The first-order valence-electron chi connectivity index (χ1n) is 7.67. The number of aliphatic hydroxyl groups is 1. The van der Waals surface area contributed by atoms with Crippen LogP contribution in [0.3, 0.4) is 0 Å². The number of hydrogen-bond donors (Lipinski definition) is 3. The number of aliphatic hydroxyl groups excluding tert-OH is 1. The molecule has 0 aromatic rings. The van der Waals surface area contributed by atoms with Gasteiger partial charge < -0.3 is 29.4 Å². The topological polar surface area (TPSA) is 122 Å². The number of ether oxygens (including phenoxy) is 1. The third-order valence-electron chi connectivity index (χ3n) is 2.79. The van der Waals surface area contributed by atoms with Gasteiger partial charge in [-0.25, -0.2) is 0 Å². The minimum Gasteiger partial charge on any atom is -0.388 e. The molecule has 0 spiro atoms. The number of Topliss-reactive ketones (excluding diaryl/α,β-unsaturated/α-hetero) is 1. The van der Waals surface area contributed by atoms with Crippen LogP contribution in [-0.2, 0) is 23.4 Å². The van der Waals surface area contributed by atoms with Crippen molar-refractivity contribution >= 4 is 19.3 Å². The first-order valence-corrected chi connectivity index (χ1v) is 9.70. The Morgan fingerprint density at radius 2 is 1.83 bits per heavy atom. The van der Waals surface area contributed by atoms with Gasteiger partial charge in [0.25, 0.3) is 0 Å². The zero-order valence-electron chi connectivity index (χ0n) is 13.8. The number of carbonyl (C=O) groups excluding carboxylic acids is 2. The first kappa shape index (κ1) is 22.2. The molecule has 3 N–H and O–H groups in total. The highest BCUT2D eigenvalue weighted by Gasteiger charge is 2.13. The van der Waals surface area contributed by atoms with E-state index in [9.17, 15) is 19.3 Å². The van der Waals surface area contributed by atoms with Crippen LogP contribution in [0.5, 0.6) is 0 Å². The molecule has 2 atom stereocenters. The van der Waals surface area contributed by atoms with Crippen LogP contribution in [0.15, 0.2) is 0 Å². The van der Waals surface area contributed by atoms with Crippen molar-refractivity contribution in [2.75, 3.05) is 33.0 Å². The maximum atomic E-state index is 11.5. The molecule has 23 heavy (non-hydrogen) atoms. The molecule has 2 unspecified atom stereocenters. The van der Waals surface area contributed by atoms with E-state index in [2.05, 4.69) is 9.84 Å². The molecule has 0 saturated heterocycles. The van der Waals surface area contributed by atoms with Crippen molar-refractivity contribution in [2.45, 2.75) is 45.1 Å². The Kier molecular flexibility index (Phi) is 12.2. The molecule has 136 valence electrons. The predicted molar refractivity (Wildman–Crippen MR) is 85.3 cm³/mol. The SMILES string of the molecule is CC(=O)CCCCC(=O)NCCCOCC(O)COP(C)(=O)O. The van der Waals surface area contributed by atoms with Gasteiger partial charge in [0.05, 0.1) is 13.2 Å². The van der Waals surface area contributed by atoms with Crippen LogP contribution in [0.25, 0.3) is 0 Å². The number of amides is 1. The monoisotopic (exact) mass is 353 g/mol. The first-order chi connectivity index (χ1) is 10.7. The molecule has 9 heteroatoms. The molecule has 0 heterocycles. The zero-order chi connectivity index (χ0) is 17.7. The molecule has 0 aliphatic rings. The Bertz CT molecular complexity index is 397. The Labute approximate surface area is 137 Å². The number of unbranched alkanes of at least 4 members (excludes halogenated alkanes) is 1. The number of hydrogen-bond acceptors (Lipinski definition) is 6. The van der Waals surface area contributed by atoms with Crippen LogP contribution in [0.1, 0.15) is 39.0 Å². The summed E-state index contributed by atoms with van der Waals surface area (Å²) in [5.74, 6) is 0.0829. The van der Waals surface area contributed by atoms with Crippen molar-refractivity contribution in [3.8, 4) is 0 Å². The van der Waals surface area contributed by atoms with Crippen LogP contribution < -0.4 is 5.32 Å². The maximum Gasteiger partial charge on any atom is 0.325 e. The fourth-order valence-corrected chi connectivity index (χ4v) is 2.09. The molecule has 0 aliphatic carbocycles. The summed E-state index contributed by atoms with van der Waals surface area (Å²) >= 11 is 0. The summed E-state index contributed by atoms with van der Waals surface area (Å²) < 4.78 is 20.6.